The average Bonchev–Trinajstić information content (AvgIpc) is 2.67. The number of nitrogens with zero attached hydrogens (tertiary/aromatic N) is 1. The zero-order valence-corrected chi connectivity index (χ0v) is 13.6. The van der Waals surface area contributed by atoms with Crippen LogP contribution < -0.4 is 4.74 Å². The number of aliphatic hydroxyl groups excluding tert-OH is 1. The van der Waals surface area contributed by atoms with Gasteiger partial charge >= 0.3 is 0 Å². The lowest BCUT2D eigenvalue weighted by Gasteiger charge is -2.35. The summed E-state index contributed by atoms with van der Waals surface area (Å²) in [5.41, 5.74) is 1.40. The molecule has 1 amide bonds. The topological polar surface area (TPSA) is 49.8 Å². The van der Waals surface area contributed by atoms with Crippen LogP contribution in [0.1, 0.15) is 28.4 Å². The third-order valence-corrected chi connectivity index (χ3v) is 4.29. The third kappa shape index (κ3) is 3.34. The van der Waals surface area contributed by atoms with E-state index in [1.54, 1.807) is 36.3 Å². The third-order valence-electron chi connectivity index (χ3n) is 4.29. The lowest BCUT2D eigenvalue weighted by atomic mass is 9.97. The van der Waals surface area contributed by atoms with Crippen molar-refractivity contribution < 1.29 is 14.6 Å². The van der Waals surface area contributed by atoms with Crippen molar-refractivity contribution in [3.05, 3.63) is 77.9 Å². The molecule has 0 spiro atoms. The van der Waals surface area contributed by atoms with Gasteiger partial charge in [0.1, 0.15) is 11.9 Å². The van der Waals surface area contributed by atoms with Crippen LogP contribution in [0.4, 0.5) is 0 Å². The molecule has 1 heterocycles. The van der Waals surface area contributed by atoms with Gasteiger partial charge in [0.15, 0.2) is 0 Å². The number of ether oxygens (including phenoxy) is 1. The van der Waals surface area contributed by atoms with E-state index < -0.39 is 6.10 Å². The number of hydrogen-bond donors (Lipinski definition) is 1. The van der Waals surface area contributed by atoms with Crippen LogP contribution in [0.3, 0.4) is 0 Å². The minimum Gasteiger partial charge on any atom is -0.497 e. The van der Waals surface area contributed by atoms with Gasteiger partial charge in [-0.1, -0.05) is 42.5 Å². The molecular weight excluding hydrogens is 302 g/mol. The van der Waals surface area contributed by atoms with Crippen LogP contribution in [0, 0.1) is 0 Å². The molecule has 0 fully saturated rings. The lowest BCUT2D eigenvalue weighted by Crippen LogP contribution is -2.44. The van der Waals surface area contributed by atoms with Gasteiger partial charge in [0.25, 0.3) is 5.91 Å². The van der Waals surface area contributed by atoms with Crippen molar-refractivity contribution in [2.75, 3.05) is 13.7 Å². The smallest absolute Gasteiger partial charge is 0.254 e. The molecule has 3 rings (SSSR count). The van der Waals surface area contributed by atoms with Gasteiger partial charge in [-0.05, 0) is 36.2 Å². The Morgan fingerprint density at radius 1 is 1.17 bits per heavy atom. The van der Waals surface area contributed by atoms with Crippen LogP contribution >= 0.6 is 0 Å². The minimum atomic E-state index is -0.745. The Kier molecular flexibility index (Phi) is 4.96. The molecule has 2 atom stereocenters. The van der Waals surface area contributed by atoms with Crippen molar-refractivity contribution in [2.24, 2.45) is 0 Å². The summed E-state index contributed by atoms with van der Waals surface area (Å²) in [6, 6.07) is 16.1. The van der Waals surface area contributed by atoms with Crippen molar-refractivity contribution >= 4 is 5.91 Å². The number of aliphatic hydroxyl groups is 1. The second-order valence-corrected chi connectivity index (χ2v) is 5.79. The molecule has 2 aromatic carbocycles. The molecule has 0 aromatic heterocycles. The zero-order valence-electron chi connectivity index (χ0n) is 13.6. The fraction of sp³-hybridized carbons (Fsp3) is 0.250. The Morgan fingerprint density at radius 2 is 1.88 bits per heavy atom. The number of methoxy groups -OCH3 is 1. The molecule has 2 aromatic rings. The van der Waals surface area contributed by atoms with Gasteiger partial charge in [0, 0.05) is 12.1 Å². The van der Waals surface area contributed by atoms with Crippen LogP contribution in [0.2, 0.25) is 0 Å². The Hall–Kier alpha value is -2.59. The maximum atomic E-state index is 12.9. The molecular formula is C20H21NO3. The largest absolute Gasteiger partial charge is 0.497 e. The van der Waals surface area contributed by atoms with Crippen molar-refractivity contribution in [2.45, 2.75) is 18.6 Å². The predicted octanol–water partition coefficient (Wildman–Crippen LogP) is 3.20. The summed E-state index contributed by atoms with van der Waals surface area (Å²) >= 11 is 0. The Morgan fingerprint density at radius 3 is 2.54 bits per heavy atom. The van der Waals surface area contributed by atoms with Crippen LogP contribution in [0.5, 0.6) is 5.75 Å². The van der Waals surface area contributed by atoms with E-state index in [2.05, 4.69) is 0 Å². The first-order valence-corrected chi connectivity index (χ1v) is 8.05. The van der Waals surface area contributed by atoms with E-state index >= 15 is 0 Å². The van der Waals surface area contributed by atoms with Gasteiger partial charge in [0.05, 0.1) is 13.2 Å². The highest BCUT2D eigenvalue weighted by Gasteiger charge is 2.30. The van der Waals surface area contributed by atoms with E-state index in [-0.39, 0.29) is 11.9 Å². The lowest BCUT2D eigenvalue weighted by molar-refractivity contribution is 0.0458. The van der Waals surface area contributed by atoms with Gasteiger partial charge in [-0.3, -0.25) is 4.79 Å². The summed E-state index contributed by atoms with van der Waals surface area (Å²) in [4.78, 5) is 14.6. The Balaban J connectivity index is 1.84. The van der Waals surface area contributed by atoms with Crippen molar-refractivity contribution in [1.29, 1.82) is 0 Å². The minimum absolute atomic E-state index is 0.0815. The van der Waals surface area contributed by atoms with Gasteiger partial charge in [-0.2, -0.15) is 0 Å². The molecule has 0 saturated carbocycles. The summed E-state index contributed by atoms with van der Waals surface area (Å²) in [7, 11) is 1.60. The molecule has 1 aliphatic rings. The van der Waals surface area contributed by atoms with Crippen LogP contribution in [0.15, 0.2) is 66.7 Å². The summed E-state index contributed by atoms with van der Waals surface area (Å²) in [6.07, 6.45) is 3.99. The molecule has 0 bridgehead atoms. The highest BCUT2D eigenvalue weighted by atomic mass is 16.5. The Labute approximate surface area is 142 Å². The summed E-state index contributed by atoms with van der Waals surface area (Å²) in [6.45, 7) is 0.593. The van der Waals surface area contributed by atoms with Gasteiger partial charge in [0.2, 0.25) is 0 Å². The van der Waals surface area contributed by atoms with Gasteiger partial charge < -0.3 is 14.7 Å². The molecule has 0 radical (unpaired) electrons. The zero-order chi connectivity index (χ0) is 16.9. The van der Waals surface area contributed by atoms with Crippen molar-refractivity contribution in [3.8, 4) is 5.75 Å². The first-order chi connectivity index (χ1) is 11.7. The van der Waals surface area contributed by atoms with Gasteiger partial charge in [-0.25, -0.2) is 0 Å². The van der Waals surface area contributed by atoms with E-state index in [1.165, 1.54) is 0 Å². The molecule has 24 heavy (non-hydrogen) atoms. The summed E-state index contributed by atoms with van der Waals surface area (Å²) in [5.74, 6) is 0.632. The normalized spacial score (nSPS) is 18.2. The molecule has 4 nitrogen and oxygen atoms in total. The number of benzene rings is 2. The second kappa shape index (κ2) is 7.32. The number of carbonyl (C=O) groups excluding carboxylic acids is 1. The van der Waals surface area contributed by atoms with Crippen LogP contribution in [0.25, 0.3) is 0 Å². The number of hydrogen-bond acceptors (Lipinski definition) is 3. The molecule has 0 saturated heterocycles. The van der Waals surface area contributed by atoms with Crippen LogP contribution in [-0.2, 0) is 0 Å². The van der Waals surface area contributed by atoms with Crippen molar-refractivity contribution in [1.82, 2.24) is 4.90 Å². The van der Waals surface area contributed by atoms with E-state index in [9.17, 15) is 9.90 Å². The number of amides is 1. The maximum absolute atomic E-state index is 12.9. The molecule has 4 heteroatoms. The highest BCUT2D eigenvalue weighted by Crippen LogP contribution is 2.26. The van der Waals surface area contributed by atoms with E-state index in [1.807, 2.05) is 42.5 Å². The van der Waals surface area contributed by atoms with E-state index in [4.69, 9.17) is 4.74 Å². The first-order valence-electron chi connectivity index (χ1n) is 8.05. The second-order valence-electron chi connectivity index (χ2n) is 5.79. The molecule has 0 aliphatic carbocycles. The SMILES string of the molecule is COc1ccc(C(=O)N2CCC=CC2C(O)c2ccccc2)cc1. The first kappa shape index (κ1) is 16.3. The number of carbonyl (C=O) groups is 1. The highest BCUT2D eigenvalue weighted by molar-refractivity contribution is 5.94. The Bertz CT molecular complexity index is 709. The summed E-state index contributed by atoms with van der Waals surface area (Å²) < 4.78 is 5.14. The quantitative estimate of drug-likeness (QED) is 0.879. The standard InChI is InChI=1S/C20H21NO3/c1-24-17-12-10-16(11-13-17)20(23)21-14-6-5-9-18(21)19(22)15-7-3-2-4-8-15/h2-5,7-13,18-19,22H,6,14H2,1H3. The molecule has 2 unspecified atom stereocenters. The average molecular weight is 323 g/mol. The fourth-order valence-electron chi connectivity index (χ4n) is 2.96. The van der Waals surface area contributed by atoms with E-state index in [0.717, 1.165) is 12.0 Å². The number of rotatable bonds is 4. The molecule has 1 aliphatic heterocycles. The van der Waals surface area contributed by atoms with Crippen molar-refractivity contribution in [3.63, 3.8) is 0 Å². The van der Waals surface area contributed by atoms with Crippen LogP contribution in [-0.4, -0.2) is 35.6 Å². The summed E-state index contributed by atoms with van der Waals surface area (Å²) in [5, 5.41) is 10.7. The van der Waals surface area contributed by atoms with Gasteiger partial charge in [-0.15, -0.1) is 0 Å². The monoisotopic (exact) mass is 323 g/mol. The predicted molar refractivity (Wildman–Crippen MR) is 93.0 cm³/mol. The fourth-order valence-corrected chi connectivity index (χ4v) is 2.96. The molecule has 124 valence electrons. The maximum Gasteiger partial charge on any atom is 0.254 e. The van der Waals surface area contributed by atoms with E-state index in [0.29, 0.717) is 17.9 Å². The molecule has 1 N–H and O–H groups in total.